The van der Waals surface area contributed by atoms with Gasteiger partial charge in [-0.1, -0.05) is 0 Å². The molecule has 112 valence electrons. The van der Waals surface area contributed by atoms with Gasteiger partial charge in [-0.15, -0.1) is 0 Å². The minimum Gasteiger partial charge on any atom is -0.469 e. The zero-order chi connectivity index (χ0) is 15.4. The van der Waals surface area contributed by atoms with Gasteiger partial charge in [-0.05, 0) is 37.1 Å². The fourth-order valence-electron chi connectivity index (χ4n) is 2.48. The number of hydrogen-bond donors (Lipinski definition) is 1. The molecule has 1 aromatic carbocycles. The Balaban J connectivity index is 2.08. The Kier molecular flexibility index (Phi) is 4.57. The summed E-state index contributed by atoms with van der Waals surface area (Å²) in [6, 6.07) is 6.20. The molecular formula is C15H18N2O4. The maximum absolute atomic E-state index is 12.4. The van der Waals surface area contributed by atoms with Gasteiger partial charge in [0.1, 0.15) is 0 Å². The van der Waals surface area contributed by atoms with Gasteiger partial charge in [0.05, 0.1) is 13.0 Å². The SMILES string of the molecule is COC(=O)C1CCCN(C(=O)c2ccc(C(N)=O)cc2)C1. The Hall–Kier alpha value is -2.37. The second kappa shape index (κ2) is 6.39. The Morgan fingerprint density at radius 2 is 1.81 bits per heavy atom. The highest BCUT2D eigenvalue weighted by molar-refractivity contribution is 5.97. The van der Waals surface area contributed by atoms with E-state index in [-0.39, 0.29) is 17.8 Å². The summed E-state index contributed by atoms with van der Waals surface area (Å²) in [6.07, 6.45) is 1.50. The van der Waals surface area contributed by atoms with Crippen molar-refractivity contribution in [1.82, 2.24) is 4.90 Å². The molecule has 1 unspecified atom stereocenters. The topological polar surface area (TPSA) is 89.7 Å². The van der Waals surface area contributed by atoms with E-state index in [9.17, 15) is 14.4 Å². The largest absolute Gasteiger partial charge is 0.469 e. The van der Waals surface area contributed by atoms with Crippen molar-refractivity contribution in [3.63, 3.8) is 0 Å². The van der Waals surface area contributed by atoms with Crippen molar-refractivity contribution in [3.05, 3.63) is 35.4 Å². The fourth-order valence-corrected chi connectivity index (χ4v) is 2.48. The number of amides is 2. The molecule has 2 rings (SSSR count). The zero-order valence-electron chi connectivity index (χ0n) is 11.9. The molecule has 1 heterocycles. The van der Waals surface area contributed by atoms with Gasteiger partial charge in [0, 0.05) is 24.2 Å². The number of likely N-dealkylation sites (tertiary alicyclic amines) is 1. The van der Waals surface area contributed by atoms with E-state index >= 15 is 0 Å². The van der Waals surface area contributed by atoms with E-state index in [0.717, 1.165) is 12.8 Å². The van der Waals surface area contributed by atoms with E-state index in [1.54, 1.807) is 17.0 Å². The molecule has 2 amide bonds. The van der Waals surface area contributed by atoms with E-state index < -0.39 is 5.91 Å². The number of nitrogens with two attached hydrogens (primary N) is 1. The first-order chi connectivity index (χ1) is 10.0. The summed E-state index contributed by atoms with van der Waals surface area (Å²) in [5.74, 6) is -1.23. The molecule has 2 N–H and O–H groups in total. The van der Waals surface area contributed by atoms with Gasteiger partial charge in [-0.25, -0.2) is 0 Å². The zero-order valence-corrected chi connectivity index (χ0v) is 11.9. The molecule has 6 nitrogen and oxygen atoms in total. The number of piperidine rings is 1. The van der Waals surface area contributed by atoms with E-state index in [1.807, 2.05) is 0 Å². The molecular weight excluding hydrogens is 272 g/mol. The third-order valence-corrected chi connectivity index (χ3v) is 3.66. The summed E-state index contributed by atoms with van der Waals surface area (Å²) < 4.78 is 4.74. The van der Waals surface area contributed by atoms with Crippen LogP contribution in [0, 0.1) is 5.92 Å². The van der Waals surface area contributed by atoms with Crippen LogP contribution >= 0.6 is 0 Å². The number of nitrogens with zero attached hydrogens (tertiary/aromatic N) is 1. The number of primary amides is 1. The van der Waals surface area contributed by atoms with Crippen molar-refractivity contribution < 1.29 is 19.1 Å². The first-order valence-electron chi connectivity index (χ1n) is 6.80. The number of esters is 1. The third kappa shape index (κ3) is 3.39. The molecule has 1 fully saturated rings. The standard InChI is InChI=1S/C15H18N2O4/c1-21-15(20)12-3-2-8-17(9-12)14(19)11-6-4-10(5-7-11)13(16)18/h4-7,12H,2-3,8-9H2,1H3,(H2,16,18). The van der Waals surface area contributed by atoms with E-state index in [1.165, 1.54) is 19.2 Å². The van der Waals surface area contributed by atoms with Crippen LogP contribution in [0.1, 0.15) is 33.6 Å². The van der Waals surface area contributed by atoms with Crippen molar-refractivity contribution in [1.29, 1.82) is 0 Å². The summed E-state index contributed by atoms with van der Waals surface area (Å²) in [7, 11) is 1.35. The van der Waals surface area contributed by atoms with Crippen molar-refractivity contribution >= 4 is 17.8 Å². The average Bonchev–Trinajstić information content (AvgIpc) is 2.53. The van der Waals surface area contributed by atoms with Crippen molar-refractivity contribution in [2.45, 2.75) is 12.8 Å². The highest BCUT2D eigenvalue weighted by Gasteiger charge is 2.29. The van der Waals surface area contributed by atoms with Crippen LogP contribution in [0.25, 0.3) is 0 Å². The van der Waals surface area contributed by atoms with Crippen molar-refractivity contribution in [2.24, 2.45) is 11.7 Å². The van der Waals surface area contributed by atoms with Gasteiger partial charge < -0.3 is 15.4 Å². The Morgan fingerprint density at radius 1 is 1.19 bits per heavy atom. The number of methoxy groups -OCH3 is 1. The van der Waals surface area contributed by atoms with Crippen LogP contribution < -0.4 is 5.73 Å². The predicted molar refractivity (Wildman–Crippen MR) is 75.6 cm³/mol. The molecule has 21 heavy (non-hydrogen) atoms. The number of rotatable bonds is 3. The number of benzene rings is 1. The lowest BCUT2D eigenvalue weighted by Crippen LogP contribution is -2.42. The smallest absolute Gasteiger partial charge is 0.310 e. The minimum absolute atomic E-state index is 0.153. The normalized spacial score (nSPS) is 18.1. The summed E-state index contributed by atoms with van der Waals surface area (Å²) in [4.78, 5) is 36.6. The summed E-state index contributed by atoms with van der Waals surface area (Å²) in [5.41, 5.74) is 6.00. The fraction of sp³-hybridized carbons (Fsp3) is 0.400. The van der Waals surface area contributed by atoms with Crippen molar-refractivity contribution in [2.75, 3.05) is 20.2 Å². The van der Waals surface area contributed by atoms with E-state index in [2.05, 4.69) is 0 Å². The molecule has 6 heteroatoms. The first kappa shape index (κ1) is 15.0. The van der Waals surface area contributed by atoms with Crippen LogP contribution in [0.4, 0.5) is 0 Å². The van der Waals surface area contributed by atoms with E-state index in [0.29, 0.717) is 24.2 Å². The molecule has 1 aromatic rings. The second-order valence-corrected chi connectivity index (χ2v) is 5.06. The molecule has 1 saturated heterocycles. The van der Waals surface area contributed by atoms with Crippen LogP contribution in [0.5, 0.6) is 0 Å². The van der Waals surface area contributed by atoms with Crippen LogP contribution in [-0.2, 0) is 9.53 Å². The first-order valence-corrected chi connectivity index (χ1v) is 6.80. The molecule has 0 saturated carbocycles. The predicted octanol–water partition coefficient (Wildman–Crippen LogP) is 0.811. The average molecular weight is 290 g/mol. The molecule has 1 atom stereocenters. The Bertz CT molecular complexity index is 553. The van der Waals surface area contributed by atoms with Gasteiger partial charge in [0.2, 0.25) is 5.91 Å². The molecule has 0 radical (unpaired) electrons. The Labute approximate surface area is 122 Å². The molecule has 0 spiro atoms. The molecule has 1 aliphatic heterocycles. The number of carbonyl (C=O) groups is 3. The van der Waals surface area contributed by atoms with Gasteiger partial charge >= 0.3 is 5.97 Å². The molecule has 0 aliphatic carbocycles. The number of carbonyl (C=O) groups excluding carboxylic acids is 3. The monoisotopic (exact) mass is 290 g/mol. The number of hydrogen-bond acceptors (Lipinski definition) is 4. The molecule has 1 aliphatic rings. The van der Waals surface area contributed by atoms with Crippen LogP contribution in [0.15, 0.2) is 24.3 Å². The lowest BCUT2D eigenvalue weighted by atomic mass is 9.97. The van der Waals surface area contributed by atoms with E-state index in [4.69, 9.17) is 10.5 Å². The highest BCUT2D eigenvalue weighted by Crippen LogP contribution is 2.20. The maximum atomic E-state index is 12.4. The van der Waals surface area contributed by atoms with Gasteiger partial charge in [0.25, 0.3) is 5.91 Å². The Morgan fingerprint density at radius 3 is 2.38 bits per heavy atom. The molecule has 0 aromatic heterocycles. The van der Waals surface area contributed by atoms with Crippen molar-refractivity contribution in [3.8, 4) is 0 Å². The van der Waals surface area contributed by atoms with Crippen LogP contribution in [0.2, 0.25) is 0 Å². The minimum atomic E-state index is -0.530. The van der Waals surface area contributed by atoms with Gasteiger partial charge in [-0.3, -0.25) is 14.4 Å². The quantitative estimate of drug-likeness (QED) is 0.834. The van der Waals surface area contributed by atoms with Crippen LogP contribution in [-0.4, -0.2) is 42.9 Å². The third-order valence-electron chi connectivity index (χ3n) is 3.66. The summed E-state index contributed by atoms with van der Waals surface area (Å²) in [6.45, 7) is 0.979. The highest BCUT2D eigenvalue weighted by atomic mass is 16.5. The number of ether oxygens (including phenoxy) is 1. The second-order valence-electron chi connectivity index (χ2n) is 5.06. The van der Waals surface area contributed by atoms with Gasteiger partial charge in [-0.2, -0.15) is 0 Å². The summed E-state index contributed by atoms with van der Waals surface area (Å²) >= 11 is 0. The van der Waals surface area contributed by atoms with Crippen LogP contribution in [0.3, 0.4) is 0 Å². The maximum Gasteiger partial charge on any atom is 0.310 e. The summed E-state index contributed by atoms with van der Waals surface area (Å²) in [5, 5.41) is 0. The van der Waals surface area contributed by atoms with Gasteiger partial charge in [0.15, 0.2) is 0 Å². The molecule has 0 bridgehead atoms. The lowest BCUT2D eigenvalue weighted by molar-refractivity contribution is -0.146. The lowest BCUT2D eigenvalue weighted by Gasteiger charge is -2.31.